The zero-order valence-corrected chi connectivity index (χ0v) is 45.7. The molecule has 0 radical (unpaired) electrons. The summed E-state index contributed by atoms with van der Waals surface area (Å²) >= 11 is 0. The molecule has 66 heavy (non-hydrogen) atoms. The van der Waals surface area contributed by atoms with Crippen LogP contribution in [0.25, 0.3) is 0 Å². The van der Waals surface area contributed by atoms with Gasteiger partial charge in [0.05, 0.1) is 19.3 Å². The van der Waals surface area contributed by atoms with Crippen LogP contribution in [0.1, 0.15) is 287 Å². The summed E-state index contributed by atoms with van der Waals surface area (Å²) in [5.74, 6) is 0.532. The third-order valence-corrected chi connectivity index (χ3v) is 11.8. The van der Waals surface area contributed by atoms with E-state index in [2.05, 4.69) is 46.4 Å². The van der Waals surface area contributed by atoms with E-state index in [0.717, 1.165) is 115 Å². The van der Waals surface area contributed by atoms with Crippen LogP contribution < -0.4 is 0 Å². The smallest absolute Gasteiger partial charge is 0.323 e. The highest BCUT2D eigenvalue weighted by molar-refractivity contribution is 5.76. The van der Waals surface area contributed by atoms with Crippen molar-refractivity contribution in [2.45, 2.75) is 305 Å². The van der Waals surface area contributed by atoms with Gasteiger partial charge in [-0.1, -0.05) is 197 Å². The van der Waals surface area contributed by atoms with Crippen LogP contribution in [0, 0.1) is 5.92 Å². The predicted molar refractivity (Wildman–Crippen MR) is 280 cm³/mol. The van der Waals surface area contributed by atoms with E-state index in [9.17, 15) is 19.2 Å². The second-order valence-electron chi connectivity index (χ2n) is 19.2. The maximum atomic E-state index is 13.1. The van der Waals surface area contributed by atoms with Crippen LogP contribution in [-0.2, 0) is 38.1 Å². The van der Waals surface area contributed by atoms with Crippen molar-refractivity contribution in [3.8, 4) is 0 Å². The second-order valence-corrected chi connectivity index (χ2v) is 19.2. The number of carbonyl (C=O) groups excluding carboxylic acids is 4. The molecule has 0 aromatic carbocycles. The Morgan fingerprint density at radius 2 is 0.955 bits per heavy atom. The number of rotatable bonds is 42. The third-order valence-electron chi connectivity index (χ3n) is 11.8. The highest BCUT2D eigenvalue weighted by Gasteiger charge is 2.37. The fourth-order valence-corrected chi connectivity index (χ4v) is 7.88. The van der Waals surface area contributed by atoms with Gasteiger partial charge in [-0.3, -0.25) is 19.3 Å². The lowest BCUT2D eigenvalue weighted by Gasteiger charge is -2.22. The number of aldehydes is 1. The summed E-state index contributed by atoms with van der Waals surface area (Å²) in [7, 11) is 1.71. The first-order valence-electron chi connectivity index (χ1n) is 28.3. The fraction of sp³-hybridized carbons (Fsp3) is 0.930. The first-order chi connectivity index (χ1) is 32.1. The number of hydrogen-bond donors (Lipinski definition) is 0. The lowest BCUT2D eigenvalue weighted by atomic mass is 10.0. The van der Waals surface area contributed by atoms with Crippen molar-refractivity contribution in [2.75, 3.05) is 33.4 Å². The molecule has 1 fully saturated rings. The van der Waals surface area contributed by atoms with Gasteiger partial charge in [0.1, 0.15) is 18.4 Å². The summed E-state index contributed by atoms with van der Waals surface area (Å²) in [6.45, 7) is 21.7. The molecule has 1 aliphatic heterocycles. The Kier molecular flexibility index (Phi) is 57.5. The monoisotopic (exact) mass is 940 g/mol. The number of likely N-dealkylation sites (tertiary alicyclic amines) is 1. The molecule has 394 valence electrons. The van der Waals surface area contributed by atoms with Crippen molar-refractivity contribution in [2.24, 2.45) is 5.92 Å². The molecule has 1 heterocycles. The molecule has 0 aliphatic carbocycles. The third kappa shape index (κ3) is 49.9. The Balaban J connectivity index is -0.00000323. The van der Waals surface area contributed by atoms with Crippen molar-refractivity contribution < 1.29 is 38.1 Å². The standard InChI is InChI=1S/C47H89NO7.C4H8O.C4H10.C2H6/c1-5-8-11-14-17-18-19-23-31-38-53-45(49)35-29-25-30-37-48-41-43(52-4)40-44(48)47(51)54-39-32-24-22-28-36-46(50)55-42(33-26-20-15-12-9-6-2)34-27-21-16-13-10-7-3;1-2-3-4-5;1-4(2)3;1-2/h42-44H,5-41H2,1-4H3;4H,2-3H2,1H3;4H,1-3H3;1-2H3. The van der Waals surface area contributed by atoms with Crippen LogP contribution in [0.5, 0.6) is 0 Å². The first-order valence-corrected chi connectivity index (χ1v) is 28.3. The zero-order chi connectivity index (χ0) is 49.7. The number of nitrogens with zero attached hydrogens (tertiary/aromatic N) is 1. The van der Waals surface area contributed by atoms with Crippen LogP contribution in [-0.4, -0.2) is 80.8 Å². The largest absolute Gasteiger partial charge is 0.466 e. The lowest BCUT2D eigenvalue weighted by Crippen LogP contribution is -2.38. The number of esters is 3. The summed E-state index contributed by atoms with van der Waals surface area (Å²) in [6, 6.07) is -0.276. The minimum atomic E-state index is -0.276. The molecule has 1 rings (SSSR count). The molecule has 0 aromatic heterocycles. The number of unbranched alkanes of at least 4 members (excludes halogenated alkanes) is 24. The highest BCUT2D eigenvalue weighted by atomic mass is 16.5. The van der Waals surface area contributed by atoms with E-state index in [4.69, 9.17) is 18.9 Å². The van der Waals surface area contributed by atoms with Gasteiger partial charge in [0.25, 0.3) is 0 Å². The number of methoxy groups -OCH3 is 1. The summed E-state index contributed by atoms with van der Waals surface area (Å²) < 4.78 is 22.8. The maximum Gasteiger partial charge on any atom is 0.323 e. The fourth-order valence-electron chi connectivity index (χ4n) is 7.88. The average Bonchev–Trinajstić information content (AvgIpc) is 3.73. The molecule has 1 saturated heterocycles. The van der Waals surface area contributed by atoms with Gasteiger partial charge in [0.15, 0.2) is 0 Å². The normalized spacial score (nSPS) is 14.4. The van der Waals surface area contributed by atoms with E-state index < -0.39 is 0 Å². The highest BCUT2D eigenvalue weighted by Crippen LogP contribution is 2.23. The van der Waals surface area contributed by atoms with Crippen molar-refractivity contribution in [1.82, 2.24) is 4.90 Å². The number of ether oxygens (including phenoxy) is 4. The summed E-state index contributed by atoms with van der Waals surface area (Å²) in [4.78, 5) is 49.5. The van der Waals surface area contributed by atoms with Crippen molar-refractivity contribution in [3.63, 3.8) is 0 Å². The Labute approximate surface area is 410 Å². The maximum absolute atomic E-state index is 13.1. The topological polar surface area (TPSA) is 108 Å². The Hall–Kier alpha value is -2.00. The predicted octanol–water partition coefficient (Wildman–Crippen LogP) is 16.3. The molecular weight excluding hydrogens is 827 g/mol. The summed E-state index contributed by atoms with van der Waals surface area (Å²) in [5.41, 5.74) is 0. The Morgan fingerprint density at radius 1 is 0.545 bits per heavy atom. The zero-order valence-electron chi connectivity index (χ0n) is 45.7. The molecule has 2 unspecified atom stereocenters. The van der Waals surface area contributed by atoms with Crippen LogP contribution in [0.2, 0.25) is 0 Å². The van der Waals surface area contributed by atoms with Gasteiger partial charge in [0.2, 0.25) is 0 Å². The van der Waals surface area contributed by atoms with E-state index in [-0.39, 0.29) is 36.2 Å². The van der Waals surface area contributed by atoms with Gasteiger partial charge in [-0.25, -0.2) is 0 Å². The minimum absolute atomic E-state index is 0.0320. The molecule has 9 nitrogen and oxygen atoms in total. The second kappa shape index (κ2) is 55.6. The van der Waals surface area contributed by atoms with Gasteiger partial charge in [0, 0.05) is 39.3 Å². The molecule has 1 aliphatic rings. The van der Waals surface area contributed by atoms with Crippen molar-refractivity contribution >= 4 is 24.2 Å². The van der Waals surface area contributed by atoms with Crippen molar-refractivity contribution in [1.29, 1.82) is 0 Å². The molecule has 0 aromatic rings. The van der Waals surface area contributed by atoms with Crippen LogP contribution in [0.3, 0.4) is 0 Å². The van der Waals surface area contributed by atoms with Crippen LogP contribution in [0.4, 0.5) is 0 Å². The van der Waals surface area contributed by atoms with Gasteiger partial charge in [-0.15, -0.1) is 0 Å². The average molecular weight is 941 g/mol. The molecule has 0 spiro atoms. The SMILES string of the molecule is CC.CC(C)C.CCCC=O.CCCCCCCCCCCOC(=O)CCCCCN1CC(OC)CC1C(=O)OCCCCCCC(=O)OC(CCCCCCCC)CCCCCCCC. The molecule has 0 N–H and O–H groups in total. The molecule has 0 saturated carbocycles. The quantitative estimate of drug-likeness (QED) is 0.0256. The molecule has 9 heteroatoms. The van der Waals surface area contributed by atoms with E-state index in [1.54, 1.807) is 7.11 Å². The molecule has 0 amide bonds. The summed E-state index contributed by atoms with van der Waals surface area (Å²) in [5, 5.41) is 0. The summed E-state index contributed by atoms with van der Waals surface area (Å²) in [6.07, 6.45) is 38.9. The van der Waals surface area contributed by atoms with Gasteiger partial charge >= 0.3 is 17.9 Å². The van der Waals surface area contributed by atoms with E-state index in [1.165, 1.54) is 109 Å². The Bertz CT molecular complexity index is 1000. The Morgan fingerprint density at radius 3 is 1.39 bits per heavy atom. The molecule has 0 bridgehead atoms. The van der Waals surface area contributed by atoms with Crippen LogP contribution in [0.15, 0.2) is 0 Å². The van der Waals surface area contributed by atoms with E-state index in [1.807, 2.05) is 20.8 Å². The van der Waals surface area contributed by atoms with Gasteiger partial charge in [-0.2, -0.15) is 0 Å². The number of carbonyl (C=O) groups is 4. The van der Waals surface area contributed by atoms with Gasteiger partial charge in [-0.05, 0) is 76.7 Å². The molecule has 2 atom stereocenters. The molecular formula is C57H113NO8. The number of hydrogen-bond acceptors (Lipinski definition) is 9. The van der Waals surface area contributed by atoms with Gasteiger partial charge < -0.3 is 23.7 Å². The minimum Gasteiger partial charge on any atom is -0.466 e. The van der Waals surface area contributed by atoms with E-state index >= 15 is 0 Å². The van der Waals surface area contributed by atoms with E-state index in [0.29, 0.717) is 38.9 Å². The lowest BCUT2D eigenvalue weighted by molar-refractivity contribution is -0.150. The van der Waals surface area contributed by atoms with Crippen LogP contribution >= 0.6 is 0 Å². The van der Waals surface area contributed by atoms with Crippen molar-refractivity contribution in [3.05, 3.63) is 0 Å². The first kappa shape index (κ1) is 68.3.